The summed E-state index contributed by atoms with van der Waals surface area (Å²) in [4.78, 5) is 35.0. The molecule has 1 aromatic carbocycles. The van der Waals surface area contributed by atoms with E-state index in [1.165, 1.54) is 24.8 Å². The van der Waals surface area contributed by atoms with Crippen molar-refractivity contribution in [1.29, 1.82) is 5.26 Å². The van der Waals surface area contributed by atoms with Crippen molar-refractivity contribution in [3.63, 3.8) is 0 Å². The molecular formula is C22H20N6O4S. The Morgan fingerprint density at radius 1 is 1.15 bits per heavy atom. The van der Waals surface area contributed by atoms with E-state index in [2.05, 4.69) is 20.3 Å². The van der Waals surface area contributed by atoms with E-state index in [0.29, 0.717) is 39.2 Å². The van der Waals surface area contributed by atoms with Crippen molar-refractivity contribution < 1.29 is 19.8 Å². The summed E-state index contributed by atoms with van der Waals surface area (Å²) in [6.45, 7) is 1.41. The van der Waals surface area contributed by atoms with Crippen LogP contribution in [0.1, 0.15) is 30.3 Å². The van der Waals surface area contributed by atoms with Crippen molar-refractivity contribution in [3.05, 3.63) is 53.3 Å². The summed E-state index contributed by atoms with van der Waals surface area (Å²) < 4.78 is 0. The Balaban J connectivity index is 1.83. The molecule has 1 amide bonds. The van der Waals surface area contributed by atoms with Crippen molar-refractivity contribution in [1.82, 2.24) is 15.0 Å². The van der Waals surface area contributed by atoms with E-state index in [-0.39, 0.29) is 35.9 Å². The van der Waals surface area contributed by atoms with Crippen LogP contribution in [0.4, 0.5) is 11.5 Å². The fourth-order valence-corrected chi connectivity index (χ4v) is 3.68. The number of carboxylic acid groups (broad SMARTS) is 1. The number of nitrogens with two attached hydrogens (primary N) is 1. The quantitative estimate of drug-likeness (QED) is 0.286. The molecule has 10 nitrogen and oxygen atoms in total. The third-order valence-corrected chi connectivity index (χ3v) is 5.32. The van der Waals surface area contributed by atoms with Gasteiger partial charge in [-0.25, -0.2) is 9.97 Å². The van der Waals surface area contributed by atoms with Crippen LogP contribution >= 0.6 is 11.8 Å². The lowest BCUT2D eigenvalue weighted by molar-refractivity contribution is -0.137. The first kappa shape index (κ1) is 23.5. The minimum absolute atomic E-state index is 0.0387. The normalized spacial score (nSPS) is 10.4. The summed E-state index contributed by atoms with van der Waals surface area (Å²) >= 11 is 1.24. The number of carbonyl (C=O) groups is 2. The molecule has 2 heterocycles. The van der Waals surface area contributed by atoms with Gasteiger partial charge in [-0.15, -0.1) is 0 Å². The number of benzene rings is 1. The molecule has 0 aliphatic carbocycles. The standard InChI is InChI=1S/C22H20N6O4S/c1-12(29)25-14-4-2-13(3-5-14)20-16(10-23)21(24)28-22(27-20)33-11-15-6-8-18(30)17(26-15)7-9-19(31)32/h2-6,8,30H,7,9,11H2,1H3,(H,25,29)(H,31,32)(H2,24,27,28). The molecule has 0 saturated heterocycles. The van der Waals surface area contributed by atoms with Gasteiger partial charge in [0.15, 0.2) is 5.16 Å². The zero-order valence-electron chi connectivity index (χ0n) is 17.6. The summed E-state index contributed by atoms with van der Waals surface area (Å²) in [7, 11) is 0. The van der Waals surface area contributed by atoms with Crippen LogP contribution in [0.15, 0.2) is 41.6 Å². The minimum atomic E-state index is -0.977. The van der Waals surface area contributed by atoms with Crippen LogP contribution < -0.4 is 11.1 Å². The first-order valence-electron chi connectivity index (χ1n) is 9.74. The molecule has 0 aliphatic heterocycles. The van der Waals surface area contributed by atoms with E-state index in [1.54, 1.807) is 30.3 Å². The Labute approximate surface area is 193 Å². The van der Waals surface area contributed by atoms with Crippen LogP contribution in [0.2, 0.25) is 0 Å². The third kappa shape index (κ3) is 6.18. The maximum Gasteiger partial charge on any atom is 0.303 e. The SMILES string of the molecule is CC(=O)Nc1ccc(-c2nc(SCc3ccc(O)c(CCC(=O)O)n3)nc(N)c2C#N)cc1. The summed E-state index contributed by atoms with van der Waals surface area (Å²) in [5, 5.41) is 31.3. The Morgan fingerprint density at radius 2 is 1.88 bits per heavy atom. The number of amides is 1. The molecular weight excluding hydrogens is 444 g/mol. The molecule has 0 spiro atoms. The zero-order valence-corrected chi connectivity index (χ0v) is 18.4. The molecule has 2 aromatic heterocycles. The Bertz CT molecular complexity index is 1240. The van der Waals surface area contributed by atoms with Crippen molar-refractivity contribution in [2.24, 2.45) is 0 Å². The number of carbonyl (C=O) groups excluding carboxylic acids is 1. The largest absolute Gasteiger partial charge is 0.506 e. The topological polar surface area (TPSA) is 175 Å². The number of aromatic nitrogens is 3. The average Bonchev–Trinajstić information content (AvgIpc) is 2.77. The van der Waals surface area contributed by atoms with Gasteiger partial charge in [0.1, 0.15) is 23.2 Å². The first-order chi connectivity index (χ1) is 15.8. The van der Waals surface area contributed by atoms with Gasteiger partial charge in [0.05, 0.1) is 23.5 Å². The molecule has 5 N–H and O–H groups in total. The van der Waals surface area contributed by atoms with Gasteiger partial charge < -0.3 is 21.3 Å². The van der Waals surface area contributed by atoms with Crippen LogP contribution in [0.5, 0.6) is 5.75 Å². The van der Waals surface area contributed by atoms with Crippen LogP contribution in [0.3, 0.4) is 0 Å². The molecule has 0 unspecified atom stereocenters. The van der Waals surface area contributed by atoms with Crippen molar-refractivity contribution in [3.8, 4) is 23.1 Å². The number of nitrogen functional groups attached to an aromatic ring is 1. The molecule has 0 saturated carbocycles. The van der Waals surface area contributed by atoms with Crippen LogP contribution in [0, 0.1) is 11.3 Å². The highest BCUT2D eigenvalue weighted by atomic mass is 32.2. The number of hydrogen-bond acceptors (Lipinski definition) is 9. The molecule has 0 aliphatic rings. The number of pyridine rings is 1. The predicted octanol–water partition coefficient (Wildman–Crippen LogP) is 2.97. The average molecular weight is 465 g/mol. The molecule has 0 fully saturated rings. The van der Waals surface area contributed by atoms with E-state index >= 15 is 0 Å². The number of anilines is 2. The Kier molecular flexibility index (Phi) is 7.42. The highest BCUT2D eigenvalue weighted by Gasteiger charge is 2.15. The smallest absolute Gasteiger partial charge is 0.303 e. The van der Waals surface area contributed by atoms with Crippen molar-refractivity contribution >= 4 is 35.1 Å². The monoisotopic (exact) mass is 464 g/mol. The number of rotatable bonds is 8. The number of aryl methyl sites for hydroxylation is 1. The predicted molar refractivity (Wildman–Crippen MR) is 122 cm³/mol. The van der Waals surface area contributed by atoms with E-state index in [0.717, 1.165) is 0 Å². The second-order valence-corrected chi connectivity index (χ2v) is 7.88. The Hall–Kier alpha value is -4.17. The maximum absolute atomic E-state index is 11.2. The van der Waals surface area contributed by atoms with Crippen molar-refractivity contribution in [2.45, 2.75) is 30.7 Å². The summed E-state index contributed by atoms with van der Waals surface area (Å²) in [6.07, 6.45) is -0.0326. The number of carboxylic acids is 1. The summed E-state index contributed by atoms with van der Waals surface area (Å²) in [5.41, 5.74) is 8.65. The van der Waals surface area contributed by atoms with E-state index in [1.807, 2.05) is 6.07 Å². The van der Waals surface area contributed by atoms with E-state index in [4.69, 9.17) is 10.8 Å². The van der Waals surface area contributed by atoms with Gasteiger partial charge in [0, 0.05) is 30.3 Å². The number of nitrogens with zero attached hydrogens (tertiary/aromatic N) is 4. The lowest BCUT2D eigenvalue weighted by Gasteiger charge is -2.10. The lowest BCUT2D eigenvalue weighted by atomic mass is 10.1. The summed E-state index contributed by atoms with van der Waals surface area (Å²) in [5.74, 6) is -0.854. The van der Waals surface area contributed by atoms with Crippen LogP contribution in [-0.4, -0.2) is 37.0 Å². The minimum Gasteiger partial charge on any atom is -0.506 e. The molecule has 0 atom stereocenters. The second-order valence-electron chi connectivity index (χ2n) is 6.94. The van der Waals surface area contributed by atoms with E-state index < -0.39 is 5.97 Å². The summed E-state index contributed by atoms with van der Waals surface area (Å²) in [6, 6.07) is 12.0. The van der Waals surface area contributed by atoms with Gasteiger partial charge in [-0.3, -0.25) is 14.6 Å². The zero-order chi connectivity index (χ0) is 24.0. The highest BCUT2D eigenvalue weighted by Crippen LogP contribution is 2.30. The van der Waals surface area contributed by atoms with Gasteiger partial charge in [0.25, 0.3) is 0 Å². The molecule has 3 aromatic rings. The Morgan fingerprint density at radius 3 is 2.52 bits per heavy atom. The fraction of sp³-hybridized carbons (Fsp3) is 0.182. The molecule has 168 valence electrons. The highest BCUT2D eigenvalue weighted by molar-refractivity contribution is 7.98. The fourth-order valence-electron chi connectivity index (χ4n) is 2.92. The second kappa shape index (κ2) is 10.4. The third-order valence-electron chi connectivity index (χ3n) is 4.44. The first-order valence-corrected chi connectivity index (χ1v) is 10.7. The lowest BCUT2D eigenvalue weighted by Crippen LogP contribution is -2.06. The van der Waals surface area contributed by atoms with Crippen molar-refractivity contribution in [2.75, 3.05) is 11.1 Å². The molecule has 11 heteroatoms. The number of aliphatic carboxylic acids is 1. The number of nitrogens with one attached hydrogen (secondary N) is 1. The van der Waals surface area contributed by atoms with E-state index in [9.17, 15) is 20.0 Å². The van der Waals surface area contributed by atoms with Gasteiger partial charge in [-0.05, 0) is 24.3 Å². The number of nitriles is 1. The molecule has 3 rings (SSSR count). The number of thioether (sulfide) groups is 1. The van der Waals surface area contributed by atoms with Gasteiger partial charge >= 0.3 is 5.97 Å². The number of hydrogen-bond donors (Lipinski definition) is 4. The molecule has 0 bridgehead atoms. The van der Waals surface area contributed by atoms with Crippen LogP contribution in [-0.2, 0) is 21.8 Å². The van der Waals surface area contributed by atoms with Gasteiger partial charge in [-0.1, -0.05) is 23.9 Å². The molecule has 33 heavy (non-hydrogen) atoms. The van der Waals surface area contributed by atoms with Crippen LogP contribution in [0.25, 0.3) is 11.3 Å². The molecule has 0 radical (unpaired) electrons. The number of aromatic hydroxyl groups is 1. The van der Waals surface area contributed by atoms with Gasteiger partial charge in [-0.2, -0.15) is 5.26 Å². The van der Waals surface area contributed by atoms with Gasteiger partial charge in [0.2, 0.25) is 5.91 Å². The maximum atomic E-state index is 11.2.